The van der Waals surface area contributed by atoms with Gasteiger partial charge in [-0.05, 0) is 48.7 Å². The minimum absolute atomic E-state index is 0.0189. The van der Waals surface area contributed by atoms with Gasteiger partial charge in [-0.3, -0.25) is 10.1 Å². The van der Waals surface area contributed by atoms with Gasteiger partial charge in [0.25, 0.3) is 0 Å². The summed E-state index contributed by atoms with van der Waals surface area (Å²) in [6.07, 6.45) is 3.61. The first-order valence-electron chi connectivity index (χ1n) is 10.6. The number of aromatic amines is 1. The van der Waals surface area contributed by atoms with E-state index in [-0.39, 0.29) is 11.9 Å². The molecule has 0 aliphatic rings. The number of methoxy groups -OCH3 is 1. The van der Waals surface area contributed by atoms with E-state index in [1.54, 1.807) is 31.4 Å². The third-order valence-corrected chi connectivity index (χ3v) is 5.93. The number of H-pyrrole nitrogens is 1. The molecule has 0 atom stereocenters. The van der Waals surface area contributed by atoms with Gasteiger partial charge in [-0.15, -0.1) is 11.3 Å². The Bertz CT molecular complexity index is 1230. The largest absolute Gasteiger partial charge is 0.497 e. The van der Waals surface area contributed by atoms with Crippen LogP contribution in [-0.4, -0.2) is 35.6 Å². The second-order valence-electron chi connectivity index (χ2n) is 7.41. The topological polar surface area (TPSA) is 108 Å². The molecule has 0 saturated carbocycles. The highest BCUT2D eigenvalue weighted by Gasteiger charge is 2.09. The lowest BCUT2D eigenvalue weighted by atomic mass is 10.1. The van der Waals surface area contributed by atoms with Crippen LogP contribution in [0.3, 0.4) is 0 Å². The molecular weight excluding hydrogens is 438 g/mol. The summed E-state index contributed by atoms with van der Waals surface area (Å²) < 4.78 is 5.10. The first-order chi connectivity index (χ1) is 16.1. The number of para-hydroxylation sites is 1. The summed E-state index contributed by atoms with van der Waals surface area (Å²) in [6, 6.07) is 14.8. The van der Waals surface area contributed by atoms with Crippen LogP contribution in [0.4, 0.5) is 15.6 Å². The summed E-state index contributed by atoms with van der Waals surface area (Å²) in [5, 5.41) is 11.9. The average Bonchev–Trinajstić information content (AvgIpc) is 3.45. The second-order valence-corrected chi connectivity index (χ2v) is 8.27. The van der Waals surface area contributed by atoms with Gasteiger partial charge in [0.1, 0.15) is 5.75 Å². The van der Waals surface area contributed by atoms with Crippen molar-refractivity contribution in [2.75, 3.05) is 24.3 Å². The lowest BCUT2D eigenvalue weighted by Crippen LogP contribution is -2.25. The Morgan fingerprint density at radius 3 is 2.70 bits per heavy atom. The molecular formula is C24H25N5O3S. The Morgan fingerprint density at radius 2 is 1.88 bits per heavy atom. The number of fused-ring (bicyclic) bond motifs is 1. The zero-order chi connectivity index (χ0) is 23.0. The molecule has 4 aromatic rings. The molecule has 2 aromatic heterocycles. The standard InChI is InChI=1S/C24H25N5O3S/c1-32-19-9-6-17(7-10-19)27-23(31)29-24-28-18(15-33-24)8-11-22(30)25-13-12-16-14-26-21-5-3-2-4-20(16)21/h2-7,9-10,14-15,26H,8,11-13H2,1H3,(H,25,30)(H2,27,28,29,31). The van der Waals surface area contributed by atoms with Crippen LogP contribution in [-0.2, 0) is 17.6 Å². The number of urea groups is 1. The molecule has 0 aliphatic carbocycles. The number of thiazole rings is 1. The molecule has 2 aromatic carbocycles. The van der Waals surface area contributed by atoms with Crippen LogP contribution in [0.25, 0.3) is 10.9 Å². The predicted molar refractivity (Wildman–Crippen MR) is 131 cm³/mol. The Hall–Kier alpha value is -3.85. The first kappa shape index (κ1) is 22.3. The van der Waals surface area contributed by atoms with Crippen molar-refractivity contribution in [1.29, 1.82) is 0 Å². The molecule has 33 heavy (non-hydrogen) atoms. The fourth-order valence-electron chi connectivity index (χ4n) is 3.42. The van der Waals surface area contributed by atoms with E-state index in [0.717, 1.165) is 17.6 Å². The maximum absolute atomic E-state index is 12.2. The molecule has 0 saturated heterocycles. The molecule has 3 amide bonds. The summed E-state index contributed by atoms with van der Waals surface area (Å²) >= 11 is 1.33. The van der Waals surface area contributed by atoms with Gasteiger partial charge in [0.05, 0.1) is 12.8 Å². The molecule has 170 valence electrons. The smallest absolute Gasteiger partial charge is 0.325 e. The molecule has 0 bridgehead atoms. The van der Waals surface area contributed by atoms with Crippen molar-refractivity contribution in [1.82, 2.24) is 15.3 Å². The first-order valence-corrected chi connectivity index (χ1v) is 11.5. The van der Waals surface area contributed by atoms with E-state index in [1.165, 1.54) is 22.3 Å². The number of rotatable bonds is 9. The Labute approximate surface area is 195 Å². The van der Waals surface area contributed by atoms with E-state index in [1.807, 2.05) is 29.8 Å². The summed E-state index contributed by atoms with van der Waals surface area (Å²) in [7, 11) is 1.59. The highest BCUT2D eigenvalue weighted by atomic mass is 32.1. The van der Waals surface area contributed by atoms with Gasteiger partial charge in [0.2, 0.25) is 5.91 Å². The molecule has 0 spiro atoms. The number of anilines is 2. The molecule has 0 aliphatic heterocycles. The van der Waals surface area contributed by atoms with E-state index in [2.05, 4.69) is 32.0 Å². The summed E-state index contributed by atoms with van der Waals surface area (Å²) in [5.74, 6) is 0.696. The van der Waals surface area contributed by atoms with Gasteiger partial charge in [0.15, 0.2) is 5.13 Å². The lowest BCUT2D eigenvalue weighted by Gasteiger charge is -2.06. The van der Waals surface area contributed by atoms with Crippen LogP contribution < -0.4 is 20.7 Å². The summed E-state index contributed by atoms with van der Waals surface area (Å²) in [4.78, 5) is 32.0. The maximum atomic E-state index is 12.2. The zero-order valence-electron chi connectivity index (χ0n) is 18.2. The Morgan fingerprint density at radius 1 is 1.06 bits per heavy atom. The van der Waals surface area contributed by atoms with E-state index in [0.29, 0.717) is 36.0 Å². The predicted octanol–water partition coefficient (Wildman–Crippen LogP) is 4.57. The van der Waals surface area contributed by atoms with Crippen molar-refractivity contribution in [3.8, 4) is 5.75 Å². The number of hydrogen-bond donors (Lipinski definition) is 4. The van der Waals surface area contributed by atoms with Crippen LogP contribution in [0.5, 0.6) is 5.75 Å². The van der Waals surface area contributed by atoms with Gasteiger partial charge in [-0.1, -0.05) is 18.2 Å². The summed E-state index contributed by atoms with van der Waals surface area (Å²) in [5.41, 5.74) is 3.71. The van der Waals surface area contributed by atoms with Crippen molar-refractivity contribution < 1.29 is 14.3 Å². The Balaban J connectivity index is 1.18. The van der Waals surface area contributed by atoms with Crippen molar-refractivity contribution in [3.63, 3.8) is 0 Å². The van der Waals surface area contributed by atoms with E-state index in [4.69, 9.17) is 4.74 Å². The number of aryl methyl sites for hydroxylation is 1. The van der Waals surface area contributed by atoms with Gasteiger partial charge in [-0.2, -0.15) is 0 Å². The number of nitrogens with zero attached hydrogens (tertiary/aromatic N) is 1. The van der Waals surface area contributed by atoms with Crippen LogP contribution in [0, 0.1) is 0 Å². The Kier molecular flexibility index (Phi) is 7.21. The molecule has 9 heteroatoms. The highest BCUT2D eigenvalue weighted by Crippen LogP contribution is 2.19. The number of aromatic nitrogens is 2. The van der Waals surface area contributed by atoms with E-state index in [9.17, 15) is 9.59 Å². The van der Waals surface area contributed by atoms with Crippen LogP contribution in [0.2, 0.25) is 0 Å². The third kappa shape index (κ3) is 6.11. The number of carbonyl (C=O) groups excluding carboxylic acids is 2. The van der Waals surface area contributed by atoms with Crippen LogP contribution in [0.1, 0.15) is 17.7 Å². The molecule has 2 heterocycles. The fraction of sp³-hybridized carbons (Fsp3) is 0.208. The van der Waals surface area contributed by atoms with Gasteiger partial charge < -0.3 is 20.4 Å². The summed E-state index contributed by atoms with van der Waals surface area (Å²) in [6.45, 7) is 0.579. The number of benzene rings is 2. The van der Waals surface area contributed by atoms with Crippen molar-refractivity contribution in [2.24, 2.45) is 0 Å². The number of carbonyl (C=O) groups is 2. The zero-order valence-corrected chi connectivity index (χ0v) is 19.0. The van der Waals surface area contributed by atoms with E-state index < -0.39 is 0 Å². The van der Waals surface area contributed by atoms with Crippen molar-refractivity contribution in [3.05, 3.63) is 71.4 Å². The number of ether oxygens (including phenoxy) is 1. The average molecular weight is 464 g/mol. The van der Waals surface area contributed by atoms with Crippen molar-refractivity contribution in [2.45, 2.75) is 19.3 Å². The molecule has 0 fully saturated rings. The normalized spacial score (nSPS) is 10.7. The number of amides is 3. The maximum Gasteiger partial charge on any atom is 0.325 e. The molecule has 8 nitrogen and oxygen atoms in total. The fourth-order valence-corrected chi connectivity index (χ4v) is 4.16. The van der Waals surface area contributed by atoms with Crippen LogP contribution >= 0.6 is 11.3 Å². The van der Waals surface area contributed by atoms with Crippen LogP contribution in [0.15, 0.2) is 60.1 Å². The number of hydrogen-bond acceptors (Lipinski definition) is 5. The molecule has 0 radical (unpaired) electrons. The minimum atomic E-state index is -0.379. The quantitative estimate of drug-likeness (QED) is 0.292. The highest BCUT2D eigenvalue weighted by molar-refractivity contribution is 7.13. The van der Waals surface area contributed by atoms with Crippen molar-refractivity contribution >= 4 is 45.0 Å². The van der Waals surface area contributed by atoms with Gasteiger partial charge in [0, 0.05) is 41.1 Å². The molecule has 0 unspecified atom stereocenters. The second kappa shape index (κ2) is 10.6. The van der Waals surface area contributed by atoms with E-state index >= 15 is 0 Å². The minimum Gasteiger partial charge on any atom is -0.497 e. The van der Waals surface area contributed by atoms with Gasteiger partial charge >= 0.3 is 6.03 Å². The lowest BCUT2D eigenvalue weighted by molar-refractivity contribution is -0.121. The monoisotopic (exact) mass is 463 g/mol. The number of nitrogens with one attached hydrogen (secondary N) is 4. The molecule has 4 N–H and O–H groups in total. The third-order valence-electron chi connectivity index (χ3n) is 5.12. The SMILES string of the molecule is COc1ccc(NC(=O)Nc2nc(CCC(=O)NCCc3c[nH]c4ccccc34)cs2)cc1. The molecule has 4 rings (SSSR count). The van der Waals surface area contributed by atoms with Gasteiger partial charge in [-0.25, -0.2) is 9.78 Å².